The molecular weight excluding hydrogens is 303 g/mol. The summed E-state index contributed by atoms with van der Waals surface area (Å²) in [4.78, 5) is 0. The fraction of sp³-hybridized carbons (Fsp3) is 0.500. The molecular formula is C12H18BrO3P. The summed E-state index contributed by atoms with van der Waals surface area (Å²) in [6, 6.07) is 5.84. The number of hydrogen-bond donors (Lipinski definition) is 0. The van der Waals surface area contributed by atoms with Crippen molar-refractivity contribution in [2.24, 2.45) is 0 Å². The van der Waals surface area contributed by atoms with Crippen LogP contribution < -0.4 is 0 Å². The average molecular weight is 321 g/mol. The number of halogens is 1. The van der Waals surface area contributed by atoms with Crippen molar-refractivity contribution >= 4 is 23.5 Å². The zero-order chi connectivity index (χ0) is 12.9. The van der Waals surface area contributed by atoms with E-state index >= 15 is 0 Å². The molecule has 1 aromatic rings. The van der Waals surface area contributed by atoms with Gasteiger partial charge in [0.25, 0.3) is 0 Å². The van der Waals surface area contributed by atoms with Gasteiger partial charge in [-0.05, 0) is 38.0 Å². The Morgan fingerprint density at radius 2 is 1.82 bits per heavy atom. The summed E-state index contributed by atoms with van der Waals surface area (Å²) in [6.45, 7) is 6.41. The Labute approximate surface area is 111 Å². The molecule has 0 aliphatic carbocycles. The van der Waals surface area contributed by atoms with E-state index in [2.05, 4.69) is 15.9 Å². The zero-order valence-electron chi connectivity index (χ0n) is 10.4. The Kier molecular flexibility index (Phi) is 5.87. The first-order chi connectivity index (χ1) is 8.02. The van der Waals surface area contributed by atoms with Crippen LogP contribution in [0.5, 0.6) is 0 Å². The van der Waals surface area contributed by atoms with Crippen LogP contribution in [0.3, 0.4) is 0 Å². The zero-order valence-corrected chi connectivity index (χ0v) is 12.9. The van der Waals surface area contributed by atoms with E-state index in [9.17, 15) is 4.57 Å². The van der Waals surface area contributed by atoms with Crippen LogP contribution in [0.25, 0.3) is 0 Å². The highest BCUT2D eigenvalue weighted by Gasteiger charge is 2.25. The van der Waals surface area contributed by atoms with Crippen LogP contribution in [0.15, 0.2) is 22.7 Å². The maximum absolute atomic E-state index is 12.4. The molecule has 0 aromatic heterocycles. The third kappa shape index (κ3) is 4.22. The third-order valence-electron chi connectivity index (χ3n) is 2.40. The lowest BCUT2D eigenvalue weighted by Gasteiger charge is -2.18. The number of rotatable bonds is 6. The molecule has 0 N–H and O–H groups in total. The molecule has 0 aliphatic heterocycles. The second-order valence-electron chi connectivity index (χ2n) is 3.63. The van der Waals surface area contributed by atoms with E-state index in [0.29, 0.717) is 19.4 Å². The van der Waals surface area contributed by atoms with Gasteiger partial charge in [-0.3, -0.25) is 4.57 Å². The summed E-state index contributed by atoms with van der Waals surface area (Å²) < 4.78 is 24.0. The molecule has 17 heavy (non-hydrogen) atoms. The predicted molar refractivity (Wildman–Crippen MR) is 73.4 cm³/mol. The van der Waals surface area contributed by atoms with Gasteiger partial charge in [0, 0.05) is 4.47 Å². The van der Waals surface area contributed by atoms with Crippen molar-refractivity contribution in [2.45, 2.75) is 26.9 Å². The van der Waals surface area contributed by atoms with Crippen molar-refractivity contribution in [2.75, 3.05) is 13.2 Å². The molecule has 0 saturated carbocycles. The highest BCUT2D eigenvalue weighted by molar-refractivity contribution is 9.10. The molecule has 0 unspecified atom stereocenters. The van der Waals surface area contributed by atoms with Crippen LogP contribution in [0, 0.1) is 6.92 Å². The first kappa shape index (κ1) is 14.9. The molecule has 96 valence electrons. The lowest BCUT2D eigenvalue weighted by atomic mass is 10.1. The summed E-state index contributed by atoms with van der Waals surface area (Å²) in [7, 11) is -3.01. The van der Waals surface area contributed by atoms with Crippen LogP contribution >= 0.6 is 23.5 Å². The molecule has 0 bridgehead atoms. The second kappa shape index (κ2) is 6.69. The van der Waals surface area contributed by atoms with Gasteiger partial charge in [-0.1, -0.05) is 28.1 Å². The molecule has 5 heteroatoms. The lowest BCUT2D eigenvalue weighted by Crippen LogP contribution is -2.00. The van der Waals surface area contributed by atoms with E-state index in [1.807, 2.05) is 39.0 Å². The van der Waals surface area contributed by atoms with Gasteiger partial charge >= 0.3 is 7.60 Å². The maximum Gasteiger partial charge on any atom is 0.335 e. The molecule has 1 rings (SSSR count). The van der Waals surface area contributed by atoms with Crippen LogP contribution in [0.4, 0.5) is 0 Å². The van der Waals surface area contributed by atoms with Gasteiger partial charge < -0.3 is 9.05 Å². The fourth-order valence-electron chi connectivity index (χ4n) is 1.55. The average Bonchev–Trinajstić information content (AvgIpc) is 2.25. The van der Waals surface area contributed by atoms with Crippen LogP contribution in [-0.4, -0.2) is 13.2 Å². The summed E-state index contributed by atoms with van der Waals surface area (Å²) in [5, 5.41) is 0. The molecule has 0 atom stereocenters. The molecule has 0 aliphatic rings. The van der Waals surface area contributed by atoms with Crippen LogP contribution in [0.2, 0.25) is 0 Å². The van der Waals surface area contributed by atoms with Gasteiger partial charge in [0.05, 0.1) is 19.4 Å². The number of hydrogen-bond acceptors (Lipinski definition) is 3. The molecule has 0 amide bonds. The van der Waals surface area contributed by atoms with E-state index < -0.39 is 7.60 Å². The topological polar surface area (TPSA) is 35.5 Å². The molecule has 0 heterocycles. The highest BCUT2D eigenvalue weighted by atomic mass is 79.9. The Morgan fingerprint density at radius 1 is 1.24 bits per heavy atom. The van der Waals surface area contributed by atoms with E-state index in [1.54, 1.807) is 0 Å². The lowest BCUT2D eigenvalue weighted by molar-refractivity contribution is 0.219. The van der Waals surface area contributed by atoms with Crippen molar-refractivity contribution in [3.63, 3.8) is 0 Å². The van der Waals surface area contributed by atoms with Gasteiger partial charge in [0.15, 0.2) is 0 Å². The van der Waals surface area contributed by atoms with Crippen LogP contribution in [-0.2, 0) is 19.8 Å². The third-order valence-corrected chi connectivity index (χ3v) is 5.29. The van der Waals surface area contributed by atoms with Crippen LogP contribution in [0.1, 0.15) is 25.0 Å². The minimum absolute atomic E-state index is 0.319. The first-order valence-electron chi connectivity index (χ1n) is 5.64. The monoisotopic (exact) mass is 320 g/mol. The minimum Gasteiger partial charge on any atom is -0.309 e. The van der Waals surface area contributed by atoms with E-state index in [-0.39, 0.29) is 0 Å². The standard InChI is InChI=1S/C12H18BrO3P/c1-4-15-17(14,16-5-2)9-11-7-6-8-12(13)10(11)3/h6-8H,4-5,9H2,1-3H3. The Hall–Kier alpha value is -0.150. The van der Waals surface area contributed by atoms with Crippen molar-refractivity contribution in [1.82, 2.24) is 0 Å². The molecule has 0 saturated heterocycles. The minimum atomic E-state index is -3.01. The highest BCUT2D eigenvalue weighted by Crippen LogP contribution is 2.51. The molecule has 1 aromatic carbocycles. The SMILES string of the molecule is CCOP(=O)(Cc1cccc(Br)c1C)OCC. The molecule has 0 spiro atoms. The molecule has 3 nitrogen and oxygen atoms in total. The van der Waals surface area contributed by atoms with E-state index in [4.69, 9.17) is 9.05 Å². The van der Waals surface area contributed by atoms with E-state index in [0.717, 1.165) is 15.6 Å². The van der Waals surface area contributed by atoms with Gasteiger partial charge in [0.2, 0.25) is 0 Å². The van der Waals surface area contributed by atoms with Crippen molar-refractivity contribution in [3.8, 4) is 0 Å². The molecule has 0 fully saturated rings. The smallest absolute Gasteiger partial charge is 0.309 e. The normalized spacial score (nSPS) is 11.8. The predicted octanol–water partition coefficient (Wildman–Crippen LogP) is 4.52. The van der Waals surface area contributed by atoms with E-state index in [1.165, 1.54) is 0 Å². The number of benzene rings is 1. The van der Waals surface area contributed by atoms with Gasteiger partial charge in [-0.15, -0.1) is 0 Å². The summed E-state index contributed by atoms with van der Waals surface area (Å²) in [6.07, 6.45) is 0.319. The second-order valence-corrected chi connectivity index (χ2v) is 6.54. The van der Waals surface area contributed by atoms with Gasteiger partial charge in [0.1, 0.15) is 0 Å². The Bertz CT molecular complexity index is 410. The summed E-state index contributed by atoms with van der Waals surface area (Å²) in [5.74, 6) is 0. The summed E-state index contributed by atoms with van der Waals surface area (Å²) >= 11 is 3.46. The largest absolute Gasteiger partial charge is 0.335 e. The van der Waals surface area contributed by atoms with Crippen molar-refractivity contribution < 1.29 is 13.6 Å². The summed E-state index contributed by atoms with van der Waals surface area (Å²) in [5.41, 5.74) is 2.07. The Morgan fingerprint density at radius 3 is 2.35 bits per heavy atom. The molecule has 0 radical (unpaired) electrons. The maximum atomic E-state index is 12.4. The van der Waals surface area contributed by atoms with Crippen molar-refractivity contribution in [1.29, 1.82) is 0 Å². The first-order valence-corrected chi connectivity index (χ1v) is 8.16. The quantitative estimate of drug-likeness (QED) is 0.723. The fourth-order valence-corrected chi connectivity index (χ4v) is 3.76. The van der Waals surface area contributed by atoms with Crippen molar-refractivity contribution in [3.05, 3.63) is 33.8 Å². The van der Waals surface area contributed by atoms with Gasteiger partial charge in [-0.25, -0.2) is 0 Å². The Balaban J connectivity index is 2.93. The van der Waals surface area contributed by atoms with Gasteiger partial charge in [-0.2, -0.15) is 0 Å².